The molecule has 0 saturated carbocycles. The summed E-state index contributed by atoms with van der Waals surface area (Å²) in [5.74, 6) is -0.893. The number of nitrogens with zero attached hydrogens (tertiary/aromatic N) is 1. The number of carboxylic acid groups (broad SMARTS) is 1. The highest BCUT2D eigenvalue weighted by Gasteiger charge is 2.43. The molecule has 1 saturated heterocycles. The zero-order valence-electron chi connectivity index (χ0n) is 26.2. The van der Waals surface area contributed by atoms with E-state index in [1.165, 1.54) is 32.2 Å². The lowest BCUT2D eigenvalue weighted by molar-refractivity contribution is -0.143. The average molecular weight is 728 g/mol. The summed E-state index contributed by atoms with van der Waals surface area (Å²) in [6.07, 6.45) is -15.0. The van der Waals surface area contributed by atoms with Gasteiger partial charge in [-0.3, -0.25) is 4.79 Å². The lowest BCUT2D eigenvalue weighted by atomic mass is 9.91. The summed E-state index contributed by atoms with van der Waals surface area (Å²) in [5.41, 5.74) is -2.25. The van der Waals surface area contributed by atoms with Crippen LogP contribution < -0.4 is 4.74 Å². The minimum atomic E-state index is -5.12. The van der Waals surface area contributed by atoms with Gasteiger partial charge in [-0.1, -0.05) is 30.0 Å². The highest BCUT2D eigenvalue weighted by atomic mass is 32.2. The first-order valence-electron chi connectivity index (χ1n) is 14.7. The van der Waals surface area contributed by atoms with Crippen molar-refractivity contribution < 1.29 is 58.9 Å². The third-order valence-electron chi connectivity index (χ3n) is 8.38. The molecule has 4 aromatic rings. The number of halogens is 9. The Labute approximate surface area is 283 Å². The van der Waals surface area contributed by atoms with Gasteiger partial charge in [0.05, 0.1) is 34.6 Å². The van der Waals surface area contributed by atoms with E-state index in [0.29, 0.717) is 46.1 Å². The Bertz CT molecular complexity index is 1940. The Hall–Kier alpha value is -4.66. The van der Waals surface area contributed by atoms with Gasteiger partial charge in [-0.2, -0.15) is 39.5 Å². The number of carbonyl (C=O) groups is 2. The zero-order chi connectivity index (χ0) is 36.9. The van der Waals surface area contributed by atoms with Gasteiger partial charge in [0.25, 0.3) is 5.24 Å². The van der Waals surface area contributed by atoms with Gasteiger partial charge in [0.2, 0.25) is 0 Å². The highest BCUT2D eigenvalue weighted by molar-refractivity contribution is 8.14. The molecule has 2 atom stereocenters. The van der Waals surface area contributed by atoms with E-state index >= 15 is 0 Å². The normalized spacial score (nSPS) is 17.0. The van der Waals surface area contributed by atoms with Gasteiger partial charge < -0.3 is 14.7 Å². The number of hydrogen-bond acceptors (Lipinski definition) is 4. The summed E-state index contributed by atoms with van der Waals surface area (Å²) in [6, 6.07) is 12.2. The Kier molecular flexibility index (Phi) is 9.69. The molecular formula is C35H26F9NO4S. The number of alkyl halides is 9. The lowest BCUT2D eigenvalue weighted by Gasteiger charge is -2.26. The second-order valence-electron chi connectivity index (χ2n) is 11.6. The van der Waals surface area contributed by atoms with Gasteiger partial charge >= 0.3 is 24.5 Å². The lowest BCUT2D eigenvalue weighted by Crippen LogP contribution is -2.31. The molecule has 1 aliphatic rings. The fourth-order valence-corrected chi connectivity index (χ4v) is 7.06. The van der Waals surface area contributed by atoms with Crippen molar-refractivity contribution in [3.8, 4) is 28.0 Å². The quantitative estimate of drug-likeness (QED) is 0.192. The van der Waals surface area contributed by atoms with E-state index in [0.717, 1.165) is 17.0 Å². The molecular weight excluding hydrogens is 701 g/mol. The number of methoxy groups -OCH3 is 1. The SMILES string of the molecule is COc1ccc(-c2ccc(C(=O)O)cc2C)cc1-c1ccc(C(F)(F)F)cc1CN1C(=O)S[C@H](c2cc(C(F)(F)F)cc(C(F)(F)F)c2)[C@@H]1C. The average Bonchev–Trinajstić information content (AvgIpc) is 3.31. The molecule has 264 valence electrons. The molecule has 4 aromatic carbocycles. The molecule has 5 rings (SSSR count). The van der Waals surface area contributed by atoms with Crippen LogP contribution in [0.3, 0.4) is 0 Å². The predicted octanol–water partition coefficient (Wildman–Crippen LogP) is 10.9. The van der Waals surface area contributed by atoms with E-state index < -0.39 is 69.8 Å². The van der Waals surface area contributed by atoms with Gasteiger partial charge in [0.1, 0.15) is 5.75 Å². The Morgan fingerprint density at radius 2 is 1.38 bits per heavy atom. The standard InChI is InChI=1S/C35H26F9NO4S/c1-17-10-20(31(46)47)4-7-26(17)19-5-9-29(49-3)28(14-19)27-8-6-23(33(36,37)38)13-22(27)16-45-18(2)30(50-32(45)48)21-11-24(34(39,40)41)15-25(12-21)35(42,43)44/h4-15,18,30H,16H2,1-3H3,(H,46,47)/t18-,30-/m0/s1. The second-order valence-corrected chi connectivity index (χ2v) is 12.7. The summed E-state index contributed by atoms with van der Waals surface area (Å²) < 4.78 is 129. The Morgan fingerprint density at radius 1 is 0.780 bits per heavy atom. The van der Waals surface area contributed by atoms with Crippen molar-refractivity contribution in [3.63, 3.8) is 0 Å². The number of benzene rings is 4. The first-order valence-corrected chi connectivity index (χ1v) is 15.6. The number of aryl methyl sites for hydroxylation is 1. The van der Waals surface area contributed by atoms with Crippen molar-refractivity contribution in [2.45, 2.75) is 50.2 Å². The molecule has 1 heterocycles. The third kappa shape index (κ3) is 7.42. The molecule has 1 fully saturated rings. The van der Waals surface area contributed by atoms with Crippen LogP contribution in [0, 0.1) is 6.92 Å². The van der Waals surface area contributed by atoms with Crippen LogP contribution in [0.2, 0.25) is 0 Å². The van der Waals surface area contributed by atoms with Crippen LogP contribution in [-0.2, 0) is 25.1 Å². The van der Waals surface area contributed by atoms with Crippen LogP contribution in [-0.4, -0.2) is 34.4 Å². The van der Waals surface area contributed by atoms with E-state index in [9.17, 15) is 54.2 Å². The van der Waals surface area contributed by atoms with E-state index in [2.05, 4.69) is 0 Å². The maximum atomic E-state index is 14.0. The predicted molar refractivity (Wildman–Crippen MR) is 168 cm³/mol. The minimum Gasteiger partial charge on any atom is -0.496 e. The molecule has 50 heavy (non-hydrogen) atoms. The van der Waals surface area contributed by atoms with Gasteiger partial charge in [-0.15, -0.1) is 0 Å². The molecule has 1 aliphatic heterocycles. The number of aromatic carboxylic acids is 1. The van der Waals surface area contributed by atoms with Gasteiger partial charge in [0.15, 0.2) is 0 Å². The zero-order valence-corrected chi connectivity index (χ0v) is 27.0. The maximum absolute atomic E-state index is 14.0. The maximum Gasteiger partial charge on any atom is 0.416 e. The number of rotatable bonds is 7. The fourth-order valence-electron chi connectivity index (χ4n) is 5.86. The molecule has 1 amide bonds. The largest absolute Gasteiger partial charge is 0.496 e. The minimum absolute atomic E-state index is 0.0188. The van der Waals surface area contributed by atoms with Gasteiger partial charge in [0, 0.05) is 18.2 Å². The molecule has 15 heteroatoms. The monoisotopic (exact) mass is 727 g/mol. The molecule has 0 bridgehead atoms. The van der Waals surface area contributed by atoms with Crippen LogP contribution in [0.5, 0.6) is 5.75 Å². The van der Waals surface area contributed by atoms with Crippen LogP contribution >= 0.6 is 11.8 Å². The van der Waals surface area contributed by atoms with Crippen LogP contribution in [0.25, 0.3) is 22.3 Å². The highest BCUT2D eigenvalue weighted by Crippen LogP contribution is 2.48. The van der Waals surface area contributed by atoms with Crippen molar-refractivity contribution in [1.82, 2.24) is 4.90 Å². The van der Waals surface area contributed by atoms with Gasteiger partial charge in [-0.05, 0) is 102 Å². The van der Waals surface area contributed by atoms with Crippen molar-refractivity contribution in [2.24, 2.45) is 0 Å². The Balaban J connectivity index is 1.59. The molecule has 5 nitrogen and oxygen atoms in total. The molecule has 0 aliphatic carbocycles. The first kappa shape index (κ1) is 36.6. The van der Waals surface area contributed by atoms with Gasteiger partial charge in [-0.25, -0.2) is 4.79 Å². The second kappa shape index (κ2) is 13.2. The molecule has 0 unspecified atom stereocenters. The number of carboxylic acids is 1. The van der Waals surface area contributed by atoms with Crippen molar-refractivity contribution in [2.75, 3.05) is 7.11 Å². The van der Waals surface area contributed by atoms with Crippen LogP contribution in [0.15, 0.2) is 72.8 Å². The molecule has 0 radical (unpaired) electrons. The third-order valence-corrected chi connectivity index (χ3v) is 9.73. The smallest absolute Gasteiger partial charge is 0.416 e. The number of ether oxygens (including phenoxy) is 1. The Morgan fingerprint density at radius 3 is 1.92 bits per heavy atom. The topological polar surface area (TPSA) is 66.8 Å². The summed E-state index contributed by atoms with van der Waals surface area (Å²) in [6.45, 7) is 2.60. The molecule has 0 spiro atoms. The number of amides is 1. The van der Waals surface area contributed by atoms with E-state index in [4.69, 9.17) is 4.74 Å². The summed E-state index contributed by atoms with van der Waals surface area (Å²) in [7, 11) is 1.34. The van der Waals surface area contributed by atoms with Crippen LogP contribution in [0.1, 0.15) is 55.9 Å². The van der Waals surface area contributed by atoms with E-state index in [-0.39, 0.29) is 28.5 Å². The molecule has 0 aromatic heterocycles. The number of hydrogen-bond donors (Lipinski definition) is 1. The fraction of sp³-hybridized carbons (Fsp3) is 0.257. The van der Waals surface area contributed by atoms with E-state index in [1.807, 2.05) is 0 Å². The van der Waals surface area contributed by atoms with Crippen molar-refractivity contribution in [3.05, 3.63) is 112 Å². The number of thioether (sulfide) groups is 1. The molecule has 1 N–H and O–H groups in total. The summed E-state index contributed by atoms with van der Waals surface area (Å²) >= 11 is 0.480. The first-order chi connectivity index (χ1) is 23.2. The summed E-state index contributed by atoms with van der Waals surface area (Å²) in [5, 5.41) is 7.38. The van der Waals surface area contributed by atoms with Crippen LogP contribution in [0.4, 0.5) is 44.3 Å². The number of carbonyl (C=O) groups excluding carboxylic acids is 1. The summed E-state index contributed by atoms with van der Waals surface area (Å²) in [4.78, 5) is 25.8. The van der Waals surface area contributed by atoms with Crippen molar-refractivity contribution in [1.29, 1.82) is 0 Å². The van der Waals surface area contributed by atoms with E-state index in [1.54, 1.807) is 31.2 Å². The van der Waals surface area contributed by atoms with Crippen molar-refractivity contribution >= 4 is 23.0 Å².